The molecule has 1 atom stereocenters. The van der Waals surface area contributed by atoms with E-state index in [1.165, 1.54) is 0 Å². The molecule has 1 aromatic heterocycles. The normalized spacial score (nSPS) is 14.6. The van der Waals surface area contributed by atoms with E-state index < -0.39 is 5.60 Å². The number of guanidine groups is 1. The predicted octanol–water partition coefficient (Wildman–Crippen LogP) is 2.33. The van der Waals surface area contributed by atoms with E-state index in [1.807, 2.05) is 23.8 Å². The smallest absolute Gasteiger partial charge is 0.191 e. The van der Waals surface area contributed by atoms with Crippen LogP contribution in [0.2, 0.25) is 0 Å². The molecule has 0 radical (unpaired) electrons. The average molecular weight is 327 g/mol. The zero-order valence-electron chi connectivity index (χ0n) is 13.9. The molecule has 0 saturated carbocycles. The third-order valence-electron chi connectivity index (χ3n) is 3.35. The fraction of sp³-hybridized carbons (Fsp3) is 0.688. The lowest BCUT2D eigenvalue weighted by atomic mass is 10.00. The summed E-state index contributed by atoms with van der Waals surface area (Å²) in [5, 5.41) is 20.9. The van der Waals surface area contributed by atoms with Crippen molar-refractivity contribution in [2.45, 2.75) is 38.7 Å². The van der Waals surface area contributed by atoms with Crippen LogP contribution in [0, 0.1) is 0 Å². The first-order chi connectivity index (χ1) is 10.6. The molecule has 1 rings (SSSR count). The van der Waals surface area contributed by atoms with E-state index in [2.05, 4.69) is 15.6 Å². The van der Waals surface area contributed by atoms with Crippen LogP contribution >= 0.6 is 11.3 Å². The molecule has 3 N–H and O–H groups in total. The molecule has 0 bridgehead atoms. The Kier molecular flexibility index (Phi) is 9.11. The number of hydrogen-bond donors (Lipinski definition) is 3. The van der Waals surface area contributed by atoms with Crippen molar-refractivity contribution in [3.05, 3.63) is 22.4 Å². The second kappa shape index (κ2) is 10.6. The van der Waals surface area contributed by atoms with Gasteiger partial charge in [-0.05, 0) is 55.5 Å². The first kappa shape index (κ1) is 18.9. The Balaban J connectivity index is 2.41. The molecule has 0 aliphatic carbocycles. The van der Waals surface area contributed by atoms with Gasteiger partial charge in [-0.25, -0.2) is 4.99 Å². The molecule has 0 aliphatic rings. The highest BCUT2D eigenvalue weighted by atomic mass is 32.1. The number of ether oxygens (including phenoxy) is 1. The number of methoxy groups -OCH3 is 1. The summed E-state index contributed by atoms with van der Waals surface area (Å²) < 4.78 is 5.04. The molecule has 1 unspecified atom stereocenters. The van der Waals surface area contributed by atoms with Crippen molar-refractivity contribution >= 4 is 17.3 Å². The number of hydrogen-bond acceptors (Lipinski definition) is 4. The molecule has 0 aliphatic heterocycles. The van der Waals surface area contributed by atoms with E-state index in [1.54, 1.807) is 25.4 Å². The highest BCUT2D eigenvalue weighted by molar-refractivity contribution is 7.08. The maximum Gasteiger partial charge on any atom is 0.191 e. The van der Waals surface area contributed by atoms with Gasteiger partial charge in [0.05, 0.1) is 6.54 Å². The van der Waals surface area contributed by atoms with E-state index in [-0.39, 0.29) is 0 Å². The van der Waals surface area contributed by atoms with Gasteiger partial charge in [-0.2, -0.15) is 11.3 Å². The van der Waals surface area contributed by atoms with Crippen molar-refractivity contribution < 1.29 is 9.84 Å². The molecule has 0 fully saturated rings. The van der Waals surface area contributed by atoms with E-state index in [9.17, 15) is 5.11 Å². The summed E-state index contributed by atoms with van der Waals surface area (Å²) >= 11 is 1.58. The highest BCUT2D eigenvalue weighted by Crippen LogP contribution is 2.23. The van der Waals surface area contributed by atoms with Crippen LogP contribution in [0.15, 0.2) is 21.8 Å². The standard InChI is InChI=1S/C16H29N3O2S/c1-4-17-15(18-9-6-5-7-10-21-3)19-13-16(2,20)14-8-11-22-12-14/h8,11-12,20H,4-7,9-10,13H2,1-3H3,(H2,17,18,19). The van der Waals surface area contributed by atoms with E-state index >= 15 is 0 Å². The third kappa shape index (κ3) is 7.24. The van der Waals surface area contributed by atoms with Crippen LogP contribution in [0.3, 0.4) is 0 Å². The molecule has 0 spiro atoms. The van der Waals surface area contributed by atoms with Gasteiger partial charge >= 0.3 is 0 Å². The lowest BCUT2D eigenvalue weighted by Crippen LogP contribution is -2.39. The topological polar surface area (TPSA) is 65.9 Å². The minimum absolute atomic E-state index is 0.336. The molecule has 22 heavy (non-hydrogen) atoms. The van der Waals surface area contributed by atoms with Gasteiger partial charge in [-0.15, -0.1) is 0 Å². The third-order valence-corrected chi connectivity index (χ3v) is 4.03. The van der Waals surface area contributed by atoms with Gasteiger partial charge in [-0.1, -0.05) is 0 Å². The quantitative estimate of drug-likeness (QED) is 0.350. The molecule has 0 saturated heterocycles. The number of aliphatic hydroxyl groups is 1. The molecule has 0 amide bonds. The van der Waals surface area contributed by atoms with Crippen LogP contribution < -0.4 is 10.6 Å². The molecular formula is C16H29N3O2S. The summed E-state index contributed by atoms with van der Waals surface area (Å²) in [4.78, 5) is 4.50. The van der Waals surface area contributed by atoms with Crippen molar-refractivity contribution in [2.75, 3.05) is 33.4 Å². The maximum absolute atomic E-state index is 10.5. The van der Waals surface area contributed by atoms with Gasteiger partial charge in [-0.3, -0.25) is 0 Å². The van der Waals surface area contributed by atoms with Crippen LogP contribution in [0.5, 0.6) is 0 Å². The van der Waals surface area contributed by atoms with E-state index in [0.29, 0.717) is 6.54 Å². The maximum atomic E-state index is 10.5. The van der Waals surface area contributed by atoms with Crippen LogP contribution in [0.4, 0.5) is 0 Å². The summed E-state index contributed by atoms with van der Waals surface area (Å²) in [7, 11) is 1.73. The van der Waals surface area contributed by atoms with Crippen molar-refractivity contribution in [2.24, 2.45) is 4.99 Å². The van der Waals surface area contributed by atoms with Crippen LogP contribution in [0.25, 0.3) is 0 Å². The van der Waals surface area contributed by atoms with E-state index in [0.717, 1.165) is 50.5 Å². The number of aliphatic imine (C=N–C) groups is 1. The zero-order chi connectivity index (χ0) is 16.3. The van der Waals surface area contributed by atoms with Crippen LogP contribution in [0.1, 0.15) is 38.7 Å². The monoisotopic (exact) mass is 327 g/mol. The fourth-order valence-electron chi connectivity index (χ4n) is 1.99. The molecule has 6 heteroatoms. The predicted molar refractivity (Wildman–Crippen MR) is 93.6 cm³/mol. The van der Waals surface area contributed by atoms with Crippen molar-refractivity contribution in [1.29, 1.82) is 0 Å². The van der Waals surface area contributed by atoms with Gasteiger partial charge in [0, 0.05) is 26.8 Å². The number of nitrogens with zero attached hydrogens (tertiary/aromatic N) is 1. The Bertz CT molecular complexity index is 419. The van der Waals surface area contributed by atoms with Crippen molar-refractivity contribution in [3.63, 3.8) is 0 Å². The second-order valence-corrected chi connectivity index (χ2v) is 6.24. The molecule has 1 aromatic rings. The Morgan fingerprint density at radius 1 is 1.36 bits per heavy atom. The van der Waals surface area contributed by atoms with Crippen LogP contribution in [-0.2, 0) is 10.3 Å². The first-order valence-electron chi connectivity index (χ1n) is 7.86. The first-order valence-corrected chi connectivity index (χ1v) is 8.80. The molecule has 0 aromatic carbocycles. The van der Waals surface area contributed by atoms with E-state index in [4.69, 9.17) is 4.74 Å². The van der Waals surface area contributed by atoms with Gasteiger partial charge in [0.1, 0.15) is 5.60 Å². The lowest BCUT2D eigenvalue weighted by molar-refractivity contribution is 0.0677. The SMILES string of the molecule is CCNC(=NCC(C)(O)c1ccsc1)NCCCCCOC. The minimum atomic E-state index is -0.930. The Morgan fingerprint density at radius 3 is 2.82 bits per heavy atom. The van der Waals surface area contributed by atoms with Crippen molar-refractivity contribution in [3.8, 4) is 0 Å². The summed E-state index contributed by atoms with van der Waals surface area (Å²) in [5.41, 5.74) is -0.0162. The van der Waals surface area contributed by atoms with Gasteiger partial charge in [0.15, 0.2) is 5.96 Å². The van der Waals surface area contributed by atoms with Gasteiger partial charge < -0.3 is 20.5 Å². The number of unbranched alkanes of at least 4 members (excludes halogenated alkanes) is 2. The van der Waals surface area contributed by atoms with Crippen molar-refractivity contribution in [1.82, 2.24) is 10.6 Å². The molecule has 126 valence electrons. The Hall–Kier alpha value is -1.11. The number of nitrogens with one attached hydrogen (secondary N) is 2. The van der Waals surface area contributed by atoms with Gasteiger partial charge in [0.2, 0.25) is 0 Å². The van der Waals surface area contributed by atoms with Gasteiger partial charge in [0.25, 0.3) is 0 Å². The highest BCUT2D eigenvalue weighted by Gasteiger charge is 2.23. The zero-order valence-corrected chi connectivity index (χ0v) is 14.7. The molecular weight excluding hydrogens is 298 g/mol. The number of rotatable bonds is 10. The summed E-state index contributed by atoms with van der Waals surface area (Å²) in [6.07, 6.45) is 3.29. The average Bonchev–Trinajstić information content (AvgIpc) is 3.03. The number of thiophene rings is 1. The lowest BCUT2D eigenvalue weighted by Gasteiger charge is -2.21. The minimum Gasteiger partial charge on any atom is -0.385 e. The fourth-order valence-corrected chi connectivity index (χ4v) is 2.77. The van der Waals surface area contributed by atoms with Crippen LogP contribution in [-0.4, -0.2) is 44.4 Å². The largest absolute Gasteiger partial charge is 0.385 e. The Morgan fingerprint density at radius 2 is 2.18 bits per heavy atom. The Labute approximate surface area is 137 Å². The second-order valence-electron chi connectivity index (χ2n) is 5.46. The summed E-state index contributed by atoms with van der Waals surface area (Å²) in [6, 6.07) is 1.94. The molecule has 1 heterocycles. The summed E-state index contributed by atoms with van der Waals surface area (Å²) in [5.74, 6) is 0.754. The summed E-state index contributed by atoms with van der Waals surface area (Å²) in [6.45, 7) is 6.66. The molecule has 5 nitrogen and oxygen atoms in total.